The monoisotopic (exact) mass is 465 g/mol. The van der Waals surface area contributed by atoms with E-state index in [-0.39, 0.29) is 0 Å². The van der Waals surface area contributed by atoms with Crippen LogP contribution < -0.4 is 14.8 Å². The molecule has 8 heteroatoms. The van der Waals surface area contributed by atoms with E-state index in [0.717, 1.165) is 8.95 Å². The van der Waals surface area contributed by atoms with E-state index < -0.39 is 0 Å². The van der Waals surface area contributed by atoms with Gasteiger partial charge in [0.15, 0.2) is 0 Å². The molecule has 5 nitrogen and oxygen atoms in total. The van der Waals surface area contributed by atoms with Crippen LogP contribution in [0.4, 0.5) is 5.95 Å². The summed E-state index contributed by atoms with van der Waals surface area (Å²) in [6.07, 6.45) is 1.63. The second-order valence-corrected chi connectivity index (χ2v) is 6.18. The molecule has 2 aromatic rings. The molecule has 1 aromatic heterocycles. The van der Waals surface area contributed by atoms with Crippen LogP contribution in [0.25, 0.3) is 0 Å². The lowest BCUT2D eigenvalue weighted by atomic mass is 10.3. The van der Waals surface area contributed by atoms with Crippen molar-refractivity contribution in [2.24, 2.45) is 0 Å². The average molecular weight is 468 g/mol. The van der Waals surface area contributed by atoms with Crippen LogP contribution in [-0.2, 0) is 0 Å². The molecule has 0 aliphatic carbocycles. The number of hydrogen-bond donors (Lipinski definition) is 1. The molecular weight excluding hydrogens is 458 g/mol. The molecule has 0 bridgehead atoms. The van der Waals surface area contributed by atoms with Gasteiger partial charge in [-0.15, -0.1) is 0 Å². The van der Waals surface area contributed by atoms with Crippen LogP contribution in [0.1, 0.15) is 0 Å². The summed E-state index contributed by atoms with van der Waals surface area (Å²) in [5.41, 5.74) is 0. The highest BCUT2D eigenvalue weighted by atomic mass is 79.9. The molecule has 1 aromatic carbocycles. The van der Waals surface area contributed by atoms with Crippen molar-refractivity contribution in [1.82, 2.24) is 9.97 Å². The molecular formula is C12H10Br3N3O2. The number of nitrogens with one attached hydrogen (secondary N) is 1. The highest BCUT2D eigenvalue weighted by Gasteiger charge is 2.12. The van der Waals surface area contributed by atoms with E-state index in [0.29, 0.717) is 27.8 Å². The van der Waals surface area contributed by atoms with Gasteiger partial charge >= 0.3 is 0 Å². The van der Waals surface area contributed by atoms with Crippen LogP contribution in [0.3, 0.4) is 0 Å². The van der Waals surface area contributed by atoms with Gasteiger partial charge in [0.25, 0.3) is 0 Å². The Balaban J connectivity index is 2.37. The maximum Gasteiger partial charge on any atom is 0.238 e. The summed E-state index contributed by atoms with van der Waals surface area (Å²) in [6.45, 7) is 0. The van der Waals surface area contributed by atoms with Gasteiger partial charge in [0.1, 0.15) is 11.5 Å². The van der Waals surface area contributed by atoms with Crippen molar-refractivity contribution >= 4 is 53.7 Å². The van der Waals surface area contributed by atoms with Crippen LogP contribution in [0.15, 0.2) is 31.7 Å². The molecule has 0 radical (unpaired) electrons. The Morgan fingerprint density at radius 3 is 2.35 bits per heavy atom. The summed E-state index contributed by atoms with van der Waals surface area (Å²) < 4.78 is 13.2. The molecule has 0 fully saturated rings. The van der Waals surface area contributed by atoms with Crippen molar-refractivity contribution in [3.8, 4) is 17.4 Å². The fraction of sp³-hybridized carbons (Fsp3) is 0.167. The first kappa shape index (κ1) is 15.5. The number of benzene rings is 1. The SMILES string of the molecule is CNc1ncc(Br)c(Oc2cc(Br)c(OC)cc2Br)n1. The summed E-state index contributed by atoms with van der Waals surface area (Å²) in [5, 5.41) is 2.86. The van der Waals surface area contributed by atoms with Gasteiger partial charge in [0.2, 0.25) is 11.8 Å². The molecule has 0 aliphatic heterocycles. The van der Waals surface area contributed by atoms with Gasteiger partial charge in [0, 0.05) is 7.05 Å². The summed E-state index contributed by atoms with van der Waals surface area (Å²) in [7, 11) is 3.35. The maximum atomic E-state index is 5.79. The zero-order valence-corrected chi connectivity index (χ0v) is 15.3. The van der Waals surface area contributed by atoms with Crippen LogP contribution in [-0.4, -0.2) is 24.1 Å². The largest absolute Gasteiger partial charge is 0.496 e. The third kappa shape index (κ3) is 3.42. The minimum atomic E-state index is 0.419. The summed E-state index contributed by atoms with van der Waals surface area (Å²) >= 11 is 10.2. The number of nitrogens with zero attached hydrogens (tertiary/aromatic N) is 2. The van der Waals surface area contributed by atoms with Crippen molar-refractivity contribution in [2.75, 3.05) is 19.5 Å². The van der Waals surface area contributed by atoms with E-state index in [1.165, 1.54) is 0 Å². The number of ether oxygens (including phenoxy) is 2. The van der Waals surface area contributed by atoms with Gasteiger partial charge in [-0.3, -0.25) is 0 Å². The van der Waals surface area contributed by atoms with Crippen LogP contribution in [0, 0.1) is 0 Å². The molecule has 0 amide bonds. The van der Waals surface area contributed by atoms with Crippen LogP contribution >= 0.6 is 47.8 Å². The quantitative estimate of drug-likeness (QED) is 0.711. The first-order valence-corrected chi connectivity index (χ1v) is 7.84. The zero-order chi connectivity index (χ0) is 14.7. The summed E-state index contributed by atoms with van der Waals surface area (Å²) in [5.74, 6) is 2.22. The number of aromatic nitrogens is 2. The van der Waals surface area contributed by atoms with E-state index >= 15 is 0 Å². The fourth-order valence-electron chi connectivity index (χ4n) is 1.39. The smallest absolute Gasteiger partial charge is 0.238 e. The molecule has 0 saturated heterocycles. The topological polar surface area (TPSA) is 56.3 Å². The van der Waals surface area contributed by atoms with E-state index in [4.69, 9.17) is 9.47 Å². The first-order valence-electron chi connectivity index (χ1n) is 5.46. The van der Waals surface area contributed by atoms with Crippen LogP contribution in [0.2, 0.25) is 0 Å². The van der Waals surface area contributed by atoms with Crippen LogP contribution in [0.5, 0.6) is 17.4 Å². The normalized spacial score (nSPS) is 10.2. The minimum absolute atomic E-state index is 0.419. The van der Waals surface area contributed by atoms with E-state index in [9.17, 15) is 0 Å². The number of methoxy groups -OCH3 is 1. The molecule has 2 rings (SSSR count). The second-order valence-electron chi connectivity index (χ2n) is 3.62. The summed E-state index contributed by atoms with van der Waals surface area (Å²) in [4.78, 5) is 8.32. The standard InChI is InChI=1S/C12H10Br3N3O2/c1-16-12-17-5-8(15)11(18-12)20-10-4-6(13)9(19-2)3-7(10)14/h3-5H,1-2H3,(H,16,17,18). The van der Waals surface area contributed by atoms with Gasteiger partial charge in [-0.25, -0.2) is 4.98 Å². The summed E-state index contributed by atoms with van der Waals surface area (Å²) in [6, 6.07) is 3.62. The minimum Gasteiger partial charge on any atom is -0.496 e. The molecule has 0 aliphatic rings. The van der Waals surface area contributed by atoms with E-state index in [2.05, 4.69) is 63.1 Å². The highest BCUT2D eigenvalue weighted by molar-refractivity contribution is 9.11. The molecule has 1 heterocycles. The van der Waals surface area contributed by atoms with Gasteiger partial charge in [-0.05, 0) is 59.9 Å². The van der Waals surface area contributed by atoms with Crippen molar-refractivity contribution in [3.63, 3.8) is 0 Å². The van der Waals surface area contributed by atoms with Gasteiger partial charge in [0.05, 0.1) is 26.7 Å². The fourth-order valence-corrected chi connectivity index (χ4v) is 2.55. The Hall–Kier alpha value is -0.860. The Labute approximate surface area is 141 Å². The Bertz CT molecular complexity index is 638. The average Bonchev–Trinajstić information content (AvgIpc) is 2.44. The first-order chi connectivity index (χ1) is 9.55. The number of anilines is 1. The maximum absolute atomic E-state index is 5.79. The molecule has 20 heavy (non-hydrogen) atoms. The van der Waals surface area contributed by atoms with Crippen molar-refractivity contribution < 1.29 is 9.47 Å². The second kappa shape index (κ2) is 6.73. The number of rotatable bonds is 4. The van der Waals surface area contributed by atoms with Crippen molar-refractivity contribution in [1.29, 1.82) is 0 Å². The predicted octanol–water partition coefficient (Wildman–Crippen LogP) is 4.61. The Morgan fingerprint density at radius 1 is 1.05 bits per heavy atom. The molecule has 106 valence electrons. The zero-order valence-electron chi connectivity index (χ0n) is 10.6. The van der Waals surface area contributed by atoms with Gasteiger partial charge in [-0.2, -0.15) is 4.98 Å². The lowest BCUT2D eigenvalue weighted by molar-refractivity contribution is 0.408. The molecule has 0 unspecified atom stereocenters. The third-order valence-electron chi connectivity index (χ3n) is 2.35. The third-order valence-corrected chi connectivity index (χ3v) is 4.13. The lowest BCUT2D eigenvalue weighted by Crippen LogP contribution is -1.99. The molecule has 0 saturated carbocycles. The molecule has 0 spiro atoms. The van der Waals surface area contributed by atoms with Crippen molar-refractivity contribution in [2.45, 2.75) is 0 Å². The van der Waals surface area contributed by atoms with Gasteiger partial charge < -0.3 is 14.8 Å². The lowest BCUT2D eigenvalue weighted by Gasteiger charge is -2.11. The highest BCUT2D eigenvalue weighted by Crippen LogP contribution is 2.39. The molecule has 0 atom stereocenters. The Kier molecular flexibility index (Phi) is 5.22. The van der Waals surface area contributed by atoms with E-state index in [1.54, 1.807) is 26.4 Å². The molecule has 1 N–H and O–H groups in total. The number of halogens is 3. The van der Waals surface area contributed by atoms with Gasteiger partial charge in [-0.1, -0.05) is 0 Å². The van der Waals surface area contributed by atoms with Crippen molar-refractivity contribution in [3.05, 3.63) is 31.7 Å². The van der Waals surface area contributed by atoms with E-state index in [1.807, 2.05) is 6.07 Å². The Morgan fingerprint density at radius 2 is 1.70 bits per heavy atom. The number of hydrogen-bond acceptors (Lipinski definition) is 5. The predicted molar refractivity (Wildman–Crippen MR) is 87.7 cm³/mol.